The van der Waals surface area contributed by atoms with Gasteiger partial charge in [-0.1, -0.05) is 111 Å². The maximum absolute atomic E-state index is 4.21. The van der Waals surface area contributed by atoms with Crippen molar-refractivity contribution in [1.29, 1.82) is 0 Å². The Labute approximate surface area is 201 Å². The van der Waals surface area contributed by atoms with E-state index in [-0.39, 0.29) is 0 Å². The van der Waals surface area contributed by atoms with Gasteiger partial charge in [0.15, 0.2) is 0 Å². The number of aromatic nitrogens is 3. The van der Waals surface area contributed by atoms with Crippen LogP contribution in [0.4, 0.5) is 0 Å². The molecule has 0 spiro atoms. The first-order valence-electron chi connectivity index (χ1n) is 12.2. The zero-order valence-electron chi connectivity index (χ0n) is 23.7. The lowest BCUT2D eigenvalue weighted by Gasteiger charge is -1.96. The van der Waals surface area contributed by atoms with E-state index in [1.165, 1.54) is 5.56 Å². The van der Waals surface area contributed by atoms with E-state index in [0.29, 0.717) is 0 Å². The molecule has 3 nitrogen and oxygen atoms in total. The third-order valence-electron chi connectivity index (χ3n) is 2.82. The van der Waals surface area contributed by atoms with Crippen molar-refractivity contribution < 1.29 is 0 Å². The zero-order chi connectivity index (χ0) is 26.2. The summed E-state index contributed by atoms with van der Waals surface area (Å²) in [5.41, 5.74) is 4.34. The molecule has 0 saturated heterocycles. The minimum absolute atomic E-state index is 0.984. The van der Waals surface area contributed by atoms with Crippen LogP contribution >= 0.6 is 0 Å². The standard InChI is InChI=1S/C7H10N2.C7H8.C5H5N.5C2H6/c1-5-4-8-6(2)7(3)9-5;1-7-5-3-2-4-6-7;1-2-4-6-5-3-1;5*1-2/h4H,1-3H3;2-6H,1H3;1-5H;5*1-2H3. The summed E-state index contributed by atoms with van der Waals surface area (Å²) >= 11 is 0. The summed E-state index contributed by atoms with van der Waals surface area (Å²) in [5, 5.41) is 0. The average molecular weight is 444 g/mol. The molecule has 0 saturated carbocycles. The van der Waals surface area contributed by atoms with Crippen LogP contribution in [0.3, 0.4) is 0 Å². The van der Waals surface area contributed by atoms with Crippen LogP contribution in [0.25, 0.3) is 0 Å². The molecule has 0 N–H and O–H groups in total. The van der Waals surface area contributed by atoms with Crippen LogP contribution < -0.4 is 0 Å². The van der Waals surface area contributed by atoms with Gasteiger partial charge in [-0.2, -0.15) is 0 Å². The second-order valence-electron chi connectivity index (χ2n) is 4.86. The summed E-state index contributed by atoms with van der Waals surface area (Å²) < 4.78 is 0. The molecule has 1 aromatic carbocycles. The van der Waals surface area contributed by atoms with Gasteiger partial charge in [-0.15, -0.1) is 0 Å². The minimum Gasteiger partial charge on any atom is -0.265 e. The Balaban J connectivity index is -0.0000000962. The van der Waals surface area contributed by atoms with Crippen LogP contribution in [-0.2, 0) is 0 Å². The van der Waals surface area contributed by atoms with Gasteiger partial charge in [0, 0.05) is 18.6 Å². The number of hydrogen-bond acceptors (Lipinski definition) is 3. The molecule has 2 heterocycles. The van der Waals surface area contributed by atoms with Gasteiger partial charge < -0.3 is 0 Å². The summed E-state index contributed by atoms with van der Waals surface area (Å²) in [6, 6.07) is 16.0. The summed E-state index contributed by atoms with van der Waals surface area (Å²) in [7, 11) is 0. The molecule has 3 rings (SSSR count). The SMILES string of the molecule is CC.CC.CC.CC.CC.Cc1ccccc1.Cc1cnc(C)c(C)n1.c1ccncc1. The highest BCUT2D eigenvalue weighted by molar-refractivity contribution is 5.11. The second kappa shape index (κ2) is 39.0. The molecule has 0 amide bonds. The monoisotopic (exact) mass is 443 g/mol. The van der Waals surface area contributed by atoms with Gasteiger partial charge in [-0.05, 0) is 39.8 Å². The molecule has 184 valence electrons. The Morgan fingerprint density at radius 1 is 0.500 bits per heavy atom. The largest absolute Gasteiger partial charge is 0.265 e. The lowest BCUT2D eigenvalue weighted by molar-refractivity contribution is 1.00. The first-order valence-corrected chi connectivity index (χ1v) is 12.2. The van der Waals surface area contributed by atoms with Gasteiger partial charge in [-0.25, -0.2) is 0 Å². The molecule has 0 aliphatic rings. The van der Waals surface area contributed by atoms with Crippen LogP contribution in [0.5, 0.6) is 0 Å². The van der Waals surface area contributed by atoms with E-state index in [0.717, 1.165) is 17.1 Å². The Morgan fingerprint density at radius 2 is 0.906 bits per heavy atom. The first-order chi connectivity index (χ1) is 15.6. The number of nitrogens with zero attached hydrogens (tertiary/aromatic N) is 3. The van der Waals surface area contributed by atoms with E-state index < -0.39 is 0 Å². The summed E-state index contributed by atoms with van der Waals surface area (Å²) in [5.74, 6) is 0. The predicted octanol–water partition coefficient (Wildman–Crippen LogP) is 9.61. The summed E-state index contributed by atoms with van der Waals surface area (Å²) in [4.78, 5) is 12.1. The molecule has 0 unspecified atom stereocenters. The normalized spacial score (nSPS) is 7.06. The molecule has 0 radical (unpaired) electrons. The lowest BCUT2D eigenvalue weighted by atomic mass is 10.2. The number of rotatable bonds is 0. The third kappa shape index (κ3) is 32.1. The van der Waals surface area contributed by atoms with Crippen molar-refractivity contribution in [2.24, 2.45) is 0 Å². The molecule has 32 heavy (non-hydrogen) atoms. The molecular weight excluding hydrogens is 390 g/mol. The molecule has 0 fully saturated rings. The lowest BCUT2D eigenvalue weighted by Crippen LogP contribution is -1.92. The third-order valence-corrected chi connectivity index (χ3v) is 2.82. The van der Waals surface area contributed by atoms with E-state index in [1.54, 1.807) is 18.6 Å². The van der Waals surface area contributed by atoms with Crippen molar-refractivity contribution in [2.75, 3.05) is 0 Å². The molecule has 2 aromatic heterocycles. The van der Waals surface area contributed by atoms with Crippen molar-refractivity contribution in [1.82, 2.24) is 15.0 Å². The Hall–Kier alpha value is -2.55. The van der Waals surface area contributed by atoms with E-state index >= 15 is 0 Å². The van der Waals surface area contributed by atoms with Gasteiger partial charge in [0.2, 0.25) is 0 Å². The highest BCUT2D eigenvalue weighted by atomic mass is 14.8. The molecule has 3 aromatic rings. The first kappa shape index (κ1) is 39.9. The minimum atomic E-state index is 0.984. The Bertz CT molecular complexity index is 612. The topological polar surface area (TPSA) is 38.7 Å². The van der Waals surface area contributed by atoms with Crippen LogP contribution in [0.2, 0.25) is 0 Å². The maximum Gasteiger partial charge on any atom is 0.0588 e. The molecule has 0 atom stereocenters. The Kier molecular flexibility index (Phi) is 48.6. The Morgan fingerprint density at radius 3 is 1.12 bits per heavy atom. The van der Waals surface area contributed by atoms with Gasteiger partial charge in [0.05, 0.1) is 17.1 Å². The van der Waals surface area contributed by atoms with Crippen LogP contribution in [-0.4, -0.2) is 15.0 Å². The van der Waals surface area contributed by atoms with Gasteiger partial charge in [0.1, 0.15) is 0 Å². The maximum atomic E-state index is 4.21. The van der Waals surface area contributed by atoms with Crippen molar-refractivity contribution >= 4 is 0 Å². The molecule has 0 bridgehead atoms. The average Bonchev–Trinajstić information content (AvgIpc) is 2.90. The zero-order valence-corrected chi connectivity index (χ0v) is 23.7. The molecule has 3 heteroatoms. The van der Waals surface area contributed by atoms with Crippen LogP contribution in [0, 0.1) is 27.7 Å². The van der Waals surface area contributed by atoms with Gasteiger partial charge in [0.25, 0.3) is 0 Å². The molecular formula is C29H53N3. The molecule has 0 aliphatic heterocycles. The smallest absolute Gasteiger partial charge is 0.0588 e. The van der Waals surface area contributed by atoms with Gasteiger partial charge >= 0.3 is 0 Å². The molecule has 0 aliphatic carbocycles. The van der Waals surface area contributed by atoms with Crippen molar-refractivity contribution in [3.63, 3.8) is 0 Å². The van der Waals surface area contributed by atoms with E-state index in [4.69, 9.17) is 0 Å². The van der Waals surface area contributed by atoms with Crippen molar-refractivity contribution in [3.05, 3.63) is 89.8 Å². The quantitative estimate of drug-likeness (QED) is 0.347. The highest BCUT2D eigenvalue weighted by Crippen LogP contribution is 1.98. The number of aryl methyl sites for hydroxylation is 4. The van der Waals surface area contributed by atoms with Crippen LogP contribution in [0.15, 0.2) is 67.1 Å². The predicted molar refractivity (Wildman–Crippen MR) is 148 cm³/mol. The summed E-state index contributed by atoms with van der Waals surface area (Å²) in [6.07, 6.45) is 5.28. The number of benzene rings is 1. The fourth-order valence-electron chi connectivity index (χ4n) is 1.50. The number of pyridine rings is 1. The van der Waals surface area contributed by atoms with Crippen LogP contribution in [0.1, 0.15) is 91.9 Å². The van der Waals surface area contributed by atoms with Crippen molar-refractivity contribution in [3.8, 4) is 0 Å². The van der Waals surface area contributed by atoms with Crippen molar-refractivity contribution in [2.45, 2.75) is 96.9 Å². The fraction of sp³-hybridized carbons (Fsp3) is 0.483. The van der Waals surface area contributed by atoms with Gasteiger partial charge in [-0.3, -0.25) is 15.0 Å². The summed E-state index contributed by atoms with van der Waals surface area (Å²) in [6.45, 7) is 28.0. The van der Waals surface area contributed by atoms with E-state index in [9.17, 15) is 0 Å². The highest BCUT2D eigenvalue weighted by Gasteiger charge is 1.92. The van der Waals surface area contributed by atoms with E-state index in [2.05, 4.69) is 34.0 Å². The fourth-order valence-corrected chi connectivity index (χ4v) is 1.50. The van der Waals surface area contributed by atoms with E-state index in [1.807, 2.05) is 126 Å². The second-order valence-corrected chi connectivity index (χ2v) is 4.86. The number of hydrogen-bond donors (Lipinski definition) is 0.